The van der Waals surface area contributed by atoms with E-state index in [1.165, 1.54) is 6.21 Å². The average Bonchev–Trinajstić information content (AvgIpc) is 3.65. The van der Waals surface area contributed by atoms with Crippen molar-refractivity contribution in [3.05, 3.63) is 53.2 Å². The molecular formula is C25H26N8O. The van der Waals surface area contributed by atoms with E-state index in [1.54, 1.807) is 25.2 Å². The van der Waals surface area contributed by atoms with Gasteiger partial charge in [-0.2, -0.15) is 5.26 Å². The van der Waals surface area contributed by atoms with Crippen molar-refractivity contribution >= 4 is 28.7 Å². The van der Waals surface area contributed by atoms with Gasteiger partial charge in [0.15, 0.2) is 0 Å². The molecule has 0 unspecified atom stereocenters. The van der Waals surface area contributed by atoms with Gasteiger partial charge < -0.3 is 25.5 Å². The molecule has 0 radical (unpaired) electrons. The topological polar surface area (TPSA) is 123 Å². The fourth-order valence-electron chi connectivity index (χ4n) is 4.64. The summed E-state index contributed by atoms with van der Waals surface area (Å²) in [6, 6.07) is 9.83. The molecule has 0 bridgehead atoms. The van der Waals surface area contributed by atoms with Crippen molar-refractivity contribution in [1.82, 2.24) is 30.1 Å². The number of hydrogen-bond donors (Lipinski definition) is 3. The van der Waals surface area contributed by atoms with Crippen LogP contribution in [0.15, 0.2) is 30.5 Å². The summed E-state index contributed by atoms with van der Waals surface area (Å²) < 4.78 is 2.28. The Balaban J connectivity index is 1.70. The first kappa shape index (κ1) is 21.6. The molecule has 0 saturated heterocycles. The van der Waals surface area contributed by atoms with Crippen LogP contribution in [0, 0.1) is 16.7 Å². The number of carbonyl (C=O) groups is 1. The minimum absolute atomic E-state index is 0.0992. The SMILES string of the molecule is CN/C=C(\C=N)c1nc2cccc(-c3nc(C4CC4)n4c3CN(C(=O)NC)CC4)c2cc1C#N. The second-order valence-corrected chi connectivity index (χ2v) is 8.57. The Morgan fingerprint density at radius 3 is 2.76 bits per heavy atom. The molecule has 0 atom stereocenters. The molecule has 1 aliphatic carbocycles. The molecule has 3 aromatic rings. The van der Waals surface area contributed by atoms with Crippen LogP contribution in [0.5, 0.6) is 0 Å². The molecule has 9 heteroatoms. The van der Waals surface area contributed by atoms with Crippen molar-refractivity contribution in [2.45, 2.75) is 31.8 Å². The summed E-state index contributed by atoms with van der Waals surface area (Å²) in [5.74, 6) is 1.56. The van der Waals surface area contributed by atoms with E-state index in [9.17, 15) is 10.1 Å². The number of amides is 2. The molecule has 2 amide bonds. The normalized spacial score (nSPS) is 15.6. The lowest BCUT2D eigenvalue weighted by molar-refractivity contribution is 0.185. The summed E-state index contributed by atoms with van der Waals surface area (Å²) in [6.07, 6.45) is 5.12. The maximum atomic E-state index is 12.4. The highest BCUT2D eigenvalue weighted by Crippen LogP contribution is 2.43. The number of pyridine rings is 1. The van der Waals surface area contributed by atoms with Crippen molar-refractivity contribution in [1.29, 1.82) is 10.7 Å². The molecule has 3 N–H and O–H groups in total. The largest absolute Gasteiger partial charge is 0.393 e. The molecule has 1 aromatic carbocycles. The van der Waals surface area contributed by atoms with Crippen LogP contribution in [-0.2, 0) is 13.1 Å². The smallest absolute Gasteiger partial charge is 0.317 e. The fourth-order valence-corrected chi connectivity index (χ4v) is 4.64. The Morgan fingerprint density at radius 2 is 2.09 bits per heavy atom. The number of allylic oxidation sites excluding steroid dienone is 1. The highest BCUT2D eigenvalue weighted by Gasteiger charge is 2.34. The Morgan fingerprint density at radius 1 is 1.26 bits per heavy atom. The number of carbonyl (C=O) groups excluding carboxylic acids is 1. The third kappa shape index (κ3) is 3.57. The number of fused-ring (bicyclic) bond motifs is 2. The van der Waals surface area contributed by atoms with Crippen LogP contribution in [0.3, 0.4) is 0 Å². The van der Waals surface area contributed by atoms with Crippen molar-refractivity contribution < 1.29 is 4.79 Å². The lowest BCUT2D eigenvalue weighted by atomic mass is 9.99. The number of nitrogens with zero attached hydrogens (tertiary/aromatic N) is 5. The molecule has 3 heterocycles. The highest BCUT2D eigenvalue weighted by atomic mass is 16.2. The Hall–Kier alpha value is -4.19. The van der Waals surface area contributed by atoms with Crippen molar-refractivity contribution in [2.24, 2.45) is 0 Å². The highest BCUT2D eigenvalue weighted by molar-refractivity contribution is 6.09. The first-order valence-electron chi connectivity index (χ1n) is 11.4. The molecule has 1 aliphatic heterocycles. The number of urea groups is 1. The summed E-state index contributed by atoms with van der Waals surface area (Å²) in [5.41, 5.74) is 4.88. The van der Waals surface area contributed by atoms with Crippen molar-refractivity contribution in [3.8, 4) is 17.3 Å². The first-order chi connectivity index (χ1) is 16.6. The number of nitrogens with one attached hydrogen (secondary N) is 3. The number of aromatic nitrogens is 3. The minimum atomic E-state index is -0.0992. The maximum absolute atomic E-state index is 12.4. The van der Waals surface area contributed by atoms with Crippen LogP contribution in [0.2, 0.25) is 0 Å². The Labute approximate surface area is 197 Å². The van der Waals surface area contributed by atoms with Crippen LogP contribution in [0.25, 0.3) is 27.7 Å². The van der Waals surface area contributed by atoms with Gasteiger partial charge in [0.25, 0.3) is 0 Å². The van der Waals surface area contributed by atoms with Gasteiger partial charge in [-0.25, -0.2) is 14.8 Å². The predicted molar refractivity (Wildman–Crippen MR) is 130 cm³/mol. The van der Waals surface area contributed by atoms with Crippen LogP contribution < -0.4 is 10.6 Å². The Bertz CT molecular complexity index is 1380. The van der Waals surface area contributed by atoms with Crippen LogP contribution in [0.1, 0.15) is 41.5 Å². The van der Waals surface area contributed by atoms with E-state index in [1.807, 2.05) is 24.3 Å². The molecule has 1 fully saturated rings. The van der Waals surface area contributed by atoms with E-state index in [0.29, 0.717) is 35.8 Å². The summed E-state index contributed by atoms with van der Waals surface area (Å²) in [4.78, 5) is 24.0. The molecule has 5 rings (SSSR count). The zero-order chi connectivity index (χ0) is 23.8. The summed E-state index contributed by atoms with van der Waals surface area (Å²) in [7, 11) is 3.39. The predicted octanol–water partition coefficient (Wildman–Crippen LogP) is 3.21. The average molecular weight is 455 g/mol. The number of hydrogen-bond acceptors (Lipinski definition) is 6. The zero-order valence-electron chi connectivity index (χ0n) is 19.2. The summed E-state index contributed by atoms with van der Waals surface area (Å²) >= 11 is 0. The number of rotatable bonds is 5. The lowest BCUT2D eigenvalue weighted by Crippen LogP contribution is -2.43. The van der Waals surface area contributed by atoms with Crippen molar-refractivity contribution in [2.75, 3.05) is 20.6 Å². The van der Waals surface area contributed by atoms with E-state index < -0.39 is 0 Å². The maximum Gasteiger partial charge on any atom is 0.317 e. The molecular weight excluding hydrogens is 428 g/mol. The molecule has 1 saturated carbocycles. The first-order valence-corrected chi connectivity index (χ1v) is 11.4. The molecule has 0 spiro atoms. The standard InChI is InChI=1S/C25H26N8O/c1-28-13-17(12-27)22-16(11-26)10-19-18(4-3-5-20(19)30-22)23-21-14-32(25(34)29-2)8-9-33(21)24(31-23)15-6-7-15/h3-5,10,12-13,15,27-28H,6-9,14H2,1-2H3,(H,29,34)/b17-13+,27-12?. The van der Waals surface area contributed by atoms with Crippen LogP contribution in [-0.4, -0.2) is 52.3 Å². The molecule has 2 aromatic heterocycles. The summed E-state index contributed by atoms with van der Waals surface area (Å²) in [6.45, 7) is 1.84. The van der Waals surface area contributed by atoms with Gasteiger partial charge in [0.05, 0.1) is 34.7 Å². The lowest BCUT2D eigenvalue weighted by Gasteiger charge is -2.29. The fraction of sp³-hybridized carbons (Fsp3) is 0.320. The van der Waals surface area contributed by atoms with E-state index in [4.69, 9.17) is 15.4 Å². The van der Waals surface area contributed by atoms with Gasteiger partial charge in [-0.05, 0) is 25.0 Å². The van der Waals surface area contributed by atoms with Gasteiger partial charge in [-0.3, -0.25) is 0 Å². The second-order valence-electron chi connectivity index (χ2n) is 8.57. The molecule has 172 valence electrons. The van der Waals surface area contributed by atoms with E-state index in [2.05, 4.69) is 21.3 Å². The third-order valence-electron chi connectivity index (χ3n) is 6.44. The second kappa shape index (κ2) is 8.63. The van der Waals surface area contributed by atoms with Gasteiger partial charge >= 0.3 is 6.03 Å². The molecule has 2 aliphatic rings. The van der Waals surface area contributed by atoms with Gasteiger partial charge in [0, 0.05) is 62.0 Å². The van der Waals surface area contributed by atoms with Gasteiger partial charge in [0.1, 0.15) is 11.9 Å². The number of benzene rings is 1. The number of nitriles is 1. The van der Waals surface area contributed by atoms with E-state index in [-0.39, 0.29) is 6.03 Å². The Kier molecular flexibility index (Phi) is 5.49. The quantitative estimate of drug-likeness (QED) is 0.511. The zero-order valence-corrected chi connectivity index (χ0v) is 19.2. The van der Waals surface area contributed by atoms with E-state index >= 15 is 0 Å². The third-order valence-corrected chi connectivity index (χ3v) is 6.44. The van der Waals surface area contributed by atoms with Gasteiger partial charge in [0.2, 0.25) is 0 Å². The van der Waals surface area contributed by atoms with Crippen LogP contribution in [0.4, 0.5) is 4.79 Å². The molecule has 9 nitrogen and oxygen atoms in total. The van der Waals surface area contributed by atoms with Crippen LogP contribution >= 0.6 is 0 Å². The monoisotopic (exact) mass is 454 g/mol. The van der Waals surface area contributed by atoms with Gasteiger partial charge in [-0.1, -0.05) is 12.1 Å². The van der Waals surface area contributed by atoms with Crippen molar-refractivity contribution in [3.63, 3.8) is 0 Å². The van der Waals surface area contributed by atoms with E-state index in [0.717, 1.165) is 53.1 Å². The minimum Gasteiger partial charge on any atom is -0.393 e. The molecule has 34 heavy (non-hydrogen) atoms. The number of imidazole rings is 1. The summed E-state index contributed by atoms with van der Waals surface area (Å²) in [5, 5.41) is 24.1. The van der Waals surface area contributed by atoms with Gasteiger partial charge in [-0.15, -0.1) is 0 Å².